The Morgan fingerprint density at radius 2 is 1.89 bits per heavy atom. The molecule has 0 aliphatic carbocycles. The van der Waals surface area contributed by atoms with E-state index < -0.39 is 0 Å². The summed E-state index contributed by atoms with van der Waals surface area (Å²) in [7, 11) is 0. The van der Waals surface area contributed by atoms with E-state index in [-0.39, 0.29) is 0 Å². The zero-order valence-electron chi connectivity index (χ0n) is 10.4. The smallest absolute Gasteiger partial charge is 0.0413 e. The summed E-state index contributed by atoms with van der Waals surface area (Å²) in [6, 6.07) is 12.6. The quantitative estimate of drug-likeness (QED) is 0.940. The molecule has 2 N–H and O–H groups in total. The van der Waals surface area contributed by atoms with E-state index in [1.807, 2.05) is 18.3 Å². The van der Waals surface area contributed by atoms with Gasteiger partial charge in [-0.3, -0.25) is 4.98 Å². The van der Waals surface area contributed by atoms with Gasteiger partial charge in [0.05, 0.1) is 0 Å². The maximum atomic E-state index is 5.88. The summed E-state index contributed by atoms with van der Waals surface area (Å²) in [6.45, 7) is 2.73. The zero-order chi connectivity index (χ0) is 13.0. The minimum Gasteiger partial charge on any atom is -0.330 e. The van der Waals surface area contributed by atoms with E-state index >= 15 is 0 Å². The third-order valence-corrected chi connectivity index (χ3v) is 3.55. The highest BCUT2D eigenvalue weighted by Gasteiger charge is 2.11. The van der Waals surface area contributed by atoms with Crippen molar-refractivity contribution in [3.8, 4) is 0 Å². The highest BCUT2D eigenvalue weighted by Crippen LogP contribution is 2.20. The van der Waals surface area contributed by atoms with Gasteiger partial charge in [0, 0.05) is 22.3 Å². The molecular formula is C15H17BrN2. The molecule has 0 saturated heterocycles. The van der Waals surface area contributed by atoms with Crippen LogP contribution in [0.15, 0.2) is 47.1 Å². The molecule has 2 nitrogen and oxygen atoms in total. The van der Waals surface area contributed by atoms with Crippen LogP contribution in [-0.4, -0.2) is 11.5 Å². The Morgan fingerprint density at radius 3 is 2.44 bits per heavy atom. The molecule has 0 aliphatic rings. The standard InChI is InChI=1S/C15H17BrN2/c1-11-2-4-12(5-3-11)13(9-17)8-15-7-6-14(16)10-18-15/h2-7,10,13H,8-9,17H2,1H3. The van der Waals surface area contributed by atoms with Crippen molar-refractivity contribution in [3.05, 3.63) is 63.9 Å². The summed E-state index contributed by atoms with van der Waals surface area (Å²) in [6.07, 6.45) is 2.71. The second-order valence-electron chi connectivity index (χ2n) is 4.52. The van der Waals surface area contributed by atoms with Gasteiger partial charge in [-0.15, -0.1) is 0 Å². The van der Waals surface area contributed by atoms with Gasteiger partial charge in [0.15, 0.2) is 0 Å². The summed E-state index contributed by atoms with van der Waals surface area (Å²) >= 11 is 3.39. The molecule has 18 heavy (non-hydrogen) atoms. The lowest BCUT2D eigenvalue weighted by molar-refractivity contribution is 0.681. The number of aromatic nitrogens is 1. The summed E-state index contributed by atoms with van der Waals surface area (Å²) < 4.78 is 1.01. The first-order valence-corrected chi connectivity index (χ1v) is 6.85. The van der Waals surface area contributed by atoms with Gasteiger partial charge >= 0.3 is 0 Å². The molecule has 0 aliphatic heterocycles. The van der Waals surface area contributed by atoms with Crippen molar-refractivity contribution in [2.45, 2.75) is 19.3 Å². The first-order valence-electron chi connectivity index (χ1n) is 6.06. The van der Waals surface area contributed by atoms with Gasteiger partial charge in [-0.1, -0.05) is 29.8 Å². The fourth-order valence-electron chi connectivity index (χ4n) is 1.96. The molecule has 1 aromatic carbocycles. The topological polar surface area (TPSA) is 38.9 Å². The summed E-state index contributed by atoms with van der Waals surface area (Å²) in [4.78, 5) is 4.41. The second kappa shape index (κ2) is 6.12. The number of rotatable bonds is 4. The molecule has 94 valence electrons. The molecule has 0 spiro atoms. The fraction of sp³-hybridized carbons (Fsp3) is 0.267. The van der Waals surface area contributed by atoms with E-state index in [0.29, 0.717) is 12.5 Å². The average molecular weight is 305 g/mol. The number of benzene rings is 1. The van der Waals surface area contributed by atoms with Crippen LogP contribution < -0.4 is 5.73 Å². The maximum absolute atomic E-state index is 5.88. The van der Waals surface area contributed by atoms with Crippen LogP contribution in [0.1, 0.15) is 22.7 Å². The van der Waals surface area contributed by atoms with Crippen molar-refractivity contribution in [1.82, 2.24) is 4.98 Å². The lowest BCUT2D eigenvalue weighted by Crippen LogP contribution is -2.15. The van der Waals surface area contributed by atoms with Gasteiger partial charge < -0.3 is 5.73 Å². The van der Waals surface area contributed by atoms with Crippen LogP contribution in [0.4, 0.5) is 0 Å². The van der Waals surface area contributed by atoms with Crippen molar-refractivity contribution >= 4 is 15.9 Å². The molecule has 1 aromatic heterocycles. The third kappa shape index (κ3) is 3.40. The van der Waals surface area contributed by atoms with Gasteiger partial charge in [-0.2, -0.15) is 0 Å². The molecule has 2 aromatic rings. The highest BCUT2D eigenvalue weighted by molar-refractivity contribution is 9.10. The normalized spacial score (nSPS) is 12.4. The van der Waals surface area contributed by atoms with Crippen molar-refractivity contribution in [1.29, 1.82) is 0 Å². The van der Waals surface area contributed by atoms with E-state index in [0.717, 1.165) is 16.6 Å². The van der Waals surface area contributed by atoms with Gasteiger partial charge in [0.1, 0.15) is 0 Å². The monoisotopic (exact) mass is 304 g/mol. The number of aryl methyl sites for hydroxylation is 1. The van der Waals surface area contributed by atoms with Crippen LogP contribution >= 0.6 is 15.9 Å². The summed E-state index contributed by atoms with van der Waals surface area (Å²) in [5.41, 5.74) is 9.52. The molecule has 1 heterocycles. The lowest BCUT2D eigenvalue weighted by Gasteiger charge is -2.15. The molecule has 0 amide bonds. The van der Waals surface area contributed by atoms with Gasteiger partial charge in [-0.25, -0.2) is 0 Å². The molecule has 0 fully saturated rings. The predicted molar refractivity (Wildman–Crippen MR) is 78.6 cm³/mol. The van der Waals surface area contributed by atoms with Crippen LogP contribution in [0.25, 0.3) is 0 Å². The molecule has 1 unspecified atom stereocenters. The van der Waals surface area contributed by atoms with E-state index in [4.69, 9.17) is 5.73 Å². The van der Waals surface area contributed by atoms with Crippen molar-refractivity contribution in [2.75, 3.05) is 6.54 Å². The first-order chi connectivity index (χ1) is 8.69. The number of pyridine rings is 1. The lowest BCUT2D eigenvalue weighted by atomic mass is 9.93. The summed E-state index contributed by atoms with van der Waals surface area (Å²) in [5.74, 6) is 0.333. The molecule has 0 bridgehead atoms. The van der Waals surface area contributed by atoms with Gasteiger partial charge in [0.25, 0.3) is 0 Å². The Morgan fingerprint density at radius 1 is 1.17 bits per heavy atom. The van der Waals surface area contributed by atoms with Crippen LogP contribution in [0.3, 0.4) is 0 Å². The maximum Gasteiger partial charge on any atom is 0.0413 e. The largest absolute Gasteiger partial charge is 0.330 e. The molecular weight excluding hydrogens is 288 g/mol. The van der Waals surface area contributed by atoms with Crippen molar-refractivity contribution in [3.63, 3.8) is 0 Å². The zero-order valence-corrected chi connectivity index (χ0v) is 12.0. The number of halogens is 1. The van der Waals surface area contributed by atoms with Crippen LogP contribution in [0.2, 0.25) is 0 Å². The SMILES string of the molecule is Cc1ccc(C(CN)Cc2ccc(Br)cn2)cc1. The Kier molecular flexibility index (Phi) is 4.50. The number of nitrogens with zero attached hydrogens (tertiary/aromatic N) is 1. The van der Waals surface area contributed by atoms with Crippen molar-refractivity contribution in [2.24, 2.45) is 5.73 Å². The van der Waals surface area contributed by atoms with Crippen LogP contribution in [-0.2, 0) is 6.42 Å². The number of hydrogen-bond donors (Lipinski definition) is 1. The Bertz CT molecular complexity index is 491. The van der Waals surface area contributed by atoms with E-state index in [1.54, 1.807) is 0 Å². The number of hydrogen-bond acceptors (Lipinski definition) is 2. The molecule has 2 rings (SSSR count). The predicted octanol–water partition coefficient (Wildman–Crippen LogP) is 3.44. The summed E-state index contributed by atoms with van der Waals surface area (Å²) in [5, 5.41) is 0. The van der Waals surface area contributed by atoms with Gasteiger partial charge in [0.2, 0.25) is 0 Å². The van der Waals surface area contributed by atoms with Crippen LogP contribution in [0.5, 0.6) is 0 Å². The second-order valence-corrected chi connectivity index (χ2v) is 5.43. The van der Waals surface area contributed by atoms with Crippen molar-refractivity contribution < 1.29 is 0 Å². The van der Waals surface area contributed by atoms with Gasteiger partial charge in [-0.05, 0) is 53.5 Å². The Balaban J connectivity index is 2.14. The number of nitrogens with two attached hydrogens (primary N) is 1. The third-order valence-electron chi connectivity index (χ3n) is 3.08. The van der Waals surface area contributed by atoms with Crippen LogP contribution in [0, 0.1) is 6.92 Å². The first kappa shape index (κ1) is 13.2. The Labute approximate surface area is 116 Å². The van der Waals surface area contributed by atoms with E-state index in [9.17, 15) is 0 Å². The molecule has 3 heteroatoms. The minimum absolute atomic E-state index is 0.333. The fourth-order valence-corrected chi connectivity index (χ4v) is 2.19. The van der Waals surface area contributed by atoms with E-state index in [2.05, 4.69) is 52.1 Å². The average Bonchev–Trinajstić information content (AvgIpc) is 2.39. The molecule has 1 atom stereocenters. The minimum atomic E-state index is 0.333. The van der Waals surface area contributed by atoms with E-state index in [1.165, 1.54) is 11.1 Å². The molecule has 0 saturated carbocycles. The Hall–Kier alpha value is -1.19. The highest BCUT2D eigenvalue weighted by atomic mass is 79.9. The molecule has 0 radical (unpaired) electrons.